The van der Waals surface area contributed by atoms with E-state index in [-0.39, 0.29) is 26.7 Å². The molecule has 4 rings (SSSR count). The van der Waals surface area contributed by atoms with Crippen molar-refractivity contribution >= 4 is 27.4 Å². The summed E-state index contributed by atoms with van der Waals surface area (Å²) < 4.78 is 41.9. The van der Waals surface area contributed by atoms with Crippen molar-refractivity contribution in [3.05, 3.63) is 69.6 Å². The molecule has 2 N–H and O–H groups in total. The van der Waals surface area contributed by atoms with Gasteiger partial charge in [-0.1, -0.05) is 23.7 Å². The maximum absolute atomic E-state index is 14.7. The molecule has 9 heteroatoms. The highest BCUT2D eigenvalue weighted by Gasteiger charge is 2.39. The van der Waals surface area contributed by atoms with Crippen molar-refractivity contribution in [3.8, 4) is 11.3 Å². The van der Waals surface area contributed by atoms with E-state index >= 15 is 0 Å². The zero-order chi connectivity index (χ0) is 21.6. The predicted octanol–water partition coefficient (Wildman–Crippen LogP) is 4.73. The van der Waals surface area contributed by atoms with Gasteiger partial charge in [-0.05, 0) is 56.0 Å². The third-order valence-corrected chi connectivity index (χ3v) is 8.15. The molecule has 1 aromatic heterocycles. The first-order valence-corrected chi connectivity index (χ1v) is 11.2. The van der Waals surface area contributed by atoms with Gasteiger partial charge >= 0.3 is 5.97 Å². The van der Waals surface area contributed by atoms with Crippen LogP contribution < -0.4 is 0 Å². The Morgan fingerprint density at radius 2 is 2.07 bits per heavy atom. The second-order valence-corrected chi connectivity index (χ2v) is 9.75. The highest BCUT2D eigenvalue weighted by Crippen LogP contribution is 2.45. The van der Waals surface area contributed by atoms with Gasteiger partial charge in [-0.25, -0.2) is 17.6 Å². The summed E-state index contributed by atoms with van der Waals surface area (Å²) in [7, 11) is -3.88. The number of H-pyrrole nitrogens is 1. The molecule has 0 aliphatic heterocycles. The van der Waals surface area contributed by atoms with Gasteiger partial charge in [-0.2, -0.15) is 5.10 Å². The van der Waals surface area contributed by atoms with Gasteiger partial charge < -0.3 is 5.11 Å². The lowest BCUT2D eigenvalue weighted by atomic mass is 9.92. The fourth-order valence-electron chi connectivity index (χ4n) is 4.01. The summed E-state index contributed by atoms with van der Waals surface area (Å²) in [4.78, 5) is 11.2. The molecule has 1 heterocycles. The molecule has 0 bridgehead atoms. The van der Waals surface area contributed by atoms with Crippen molar-refractivity contribution in [1.29, 1.82) is 0 Å². The van der Waals surface area contributed by atoms with Crippen molar-refractivity contribution in [1.82, 2.24) is 10.2 Å². The van der Waals surface area contributed by atoms with Gasteiger partial charge in [0.05, 0.1) is 26.4 Å². The summed E-state index contributed by atoms with van der Waals surface area (Å²) in [6.45, 7) is 1.68. The summed E-state index contributed by atoms with van der Waals surface area (Å²) in [5.41, 5.74) is 1.62. The van der Waals surface area contributed by atoms with E-state index in [1.807, 2.05) is 0 Å². The van der Waals surface area contributed by atoms with Crippen LogP contribution in [0.3, 0.4) is 0 Å². The molecule has 30 heavy (non-hydrogen) atoms. The van der Waals surface area contributed by atoms with E-state index in [1.165, 1.54) is 18.2 Å². The van der Waals surface area contributed by atoms with Gasteiger partial charge in [-0.15, -0.1) is 0 Å². The zero-order valence-corrected chi connectivity index (χ0v) is 17.5. The number of carbonyl (C=O) groups is 1. The maximum atomic E-state index is 14.7. The number of aromatic amines is 1. The van der Waals surface area contributed by atoms with Gasteiger partial charge in [0.1, 0.15) is 5.82 Å². The standard InChI is InChI=1S/C21H18ClFN2O4S/c1-11-4-2-5-14(22)20(11)30(28,29)17-7-3-6-16-18(17)19(25-24-16)13-9-8-12(21(26)27)10-15(13)23/h2,4-5,8-10,17H,3,6-7H2,1H3,(H,24,25)(H,26,27). The number of aromatic nitrogens is 2. The van der Waals surface area contributed by atoms with E-state index < -0.39 is 26.9 Å². The Kier molecular flexibility index (Phi) is 5.15. The van der Waals surface area contributed by atoms with Crippen molar-refractivity contribution in [3.63, 3.8) is 0 Å². The van der Waals surface area contributed by atoms with Crippen molar-refractivity contribution in [2.45, 2.75) is 36.3 Å². The Hall–Kier alpha value is -2.71. The maximum Gasteiger partial charge on any atom is 0.335 e. The third-order valence-electron chi connectivity index (χ3n) is 5.39. The summed E-state index contributed by atoms with van der Waals surface area (Å²) in [5, 5.41) is 15.3. The number of hydrogen-bond donors (Lipinski definition) is 2. The van der Waals surface area contributed by atoms with Gasteiger partial charge in [0.15, 0.2) is 9.84 Å². The van der Waals surface area contributed by atoms with E-state index in [0.717, 1.165) is 6.07 Å². The van der Waals surface area contributed by atoms with Gasteiger partial charge in [-0.3, -0.25) is 5.10 Å². The van der Waals surface area contributed by atoms with Crippen LogP contribution in [0.25, 0.3) is 11.3 Å². The van der Waals surface area contributed by atoms with Crippen LogP contribution in [0, 0.1) is 12.7 Å². The molecule has 2 aromatic carbocycles. The van der Waals surface area contributed by atoms with E-state index in [9.17, 15) is 17.6 Å². The van der Waals surface area contributed by atoms with Crippen molar-refractivity contribution < 1.29 is 22.7 Å². The minimum absolute atomic E-state index is 0.0514. The Bertz CT molecular complexity index is 1250. The lowest BCUT2D eigenvalue weighted by molar-refractivity contribution is 0.0696. The minimum Gasteiger partial charge on any atom is -0.478 e. The molecule has 0 amide bonds. The molecule has 156 valence electrons. The molecule has 1 aliphatic carbocycles. The van der Waals surface area contributed by atoms with Gasteiger partial charge in [0.25, 0.3) is 0 Å². The molecule has 1 unspecified atom stereocenters. The number of carboxylic acids is 1. The van der Waals surface area contributed by atoms with Crippen LogP contribution in [0.2, 0.25) is 5.02 Å². The number of halogens is 2. The average molecular weight is 449 g/mol. The number of carboxylic acid groups (broad SMARTS) is 1. The molecule has 1 aliphatic rings. The Morgan fingerprint density at radius 3 is 2.73 bits per heavy atom. The van der Waals surface area contributed by atoms with Gasteiger partial charge in [0.2, 0.25) is 0 Å². The van der Waals surface area contributed by atoms with Crippen LogP contribution in [0.1, 0.15) is 45.3 Å². The molecular formula is C21H18ClFN2O4S. The first-order chi connectivity index (χ1) is 14.2. The largest absolute Gasteiger partial charge is 0.478 e. The van der Waals surface area contributed by atoms with Crippen LogP contribution >= 0.6 is 11.6 Å². The monoisotopic (exact) mass is 448 g/mol. The molecule has 0 saturated carbocycles. The molecule has 0 spiro atoms. The summed E-state index contributed by atoms with van der Waals surface area (Å²) in [6, 6.07) is 8.39. The number of fused-ring (bicyclic) bond motifs is 1. The van der Waals surface area contributed by atoms with E-state index in [2.05, 4.69) is 10.2 Å². The number of hydrogen-bond acceptors (Lipinski definition) is 4. The number of aryl methyl sites for hydroxylation is 2. The third kappa shape index (κ3) is 3.30. The van der Waals surface area contributed by atoms with Crippen LogP contribution in [-0.4, -0.2) is 29.7 Å². The predicted molar refractivity (Wildman–Crippen MR) is 110 cm³/mol. The molecule has 0 fully saturated rings. The second-order valence-electron chi connectivity index (χ2n) is 7.28. The van der Waals surface area contributed by atoms with Crippen LogP contribution in [-0.2, 0) is 16.3 Å². The number of benzene rings is 2. The summed E-state index contributed by atoms with van der Waals surface area (Å²) >= 11 is 6.25. The fourth-order valence-corrected chi connectivity index (χ4v) is 6.73. The number of nitrogens with zero attached hydrogens (tertiary/aromatic N) is 1. The minimum atomic E-state index is -3.88. The van der Waals surface area contributed by atoms with Gasteiger partial charge in [0, 0.05) is 16.8 Å². The lowest BCUT2D eigenvalue weighted by Crippen LogP contribution is -2.20. The number of sulfone groups is 1. The number of nitrogens with one attached hydrogen (secondary N) is 1. The van der Waals surface area contributed by atoms with Crippen LogP contribution in [0.5, 0.6) is 0 Å². The highest BCUT2D eigenvalue weighted by atomic mass is 35.5. The number of rotatable bonds is 4. The van der Waals surface area contributed by atoms with Crippen LogP contribution in [0.15, 0.2) is 41.3 Å². The highest BCUT2D eigenvalue weighted by molar-refractivity contribution is 7.91. The quantitative estimate of drug-likeness (QED) is 0.601. The zero-order valence-electron chi connectivity index (χ0n) is 15.9. The first-order valence-electron chi connectivity index (χ1n) is 9.31. The second kappa shape index (κ2) is 7.52. The van der Waals surface area contributed by atoms with Crippen molar-refractivity contribution in [2.75, 3.05) is 0 Å². The number of aromatic carboxylic acids is 1. The normalized spacial score (nSPS) is 16.3. The first kappa shape index (κ1) is 20.6. The Labute approximate surface area is 177 Å². The van der Waals surface area contributed by atoms with Crippen LogP contribution in [0.4, 0.5) is 4.39 Å². The fraction of sp³-hybridized carbons (Fsp3) is 0.238. The molecular weight excluding hydrogens is 431 g/mol. The molecule has 1 atom stereocenters. The molecule has 0 saturated heterocycles. The lowest BCUT2D eigenvalue weighted by Gasteiger charge is -2.24. The molecule has 3 aromatic rings. The smallest absolute Gasteiger partial charge is 0.335 e. The molecule has 0 radical (unpaired) electrons. The van der Waals surface area contributed by atoms with E-state index in [0.29, 0.717) is 36.1 Å². The molecule has 6 nitrogen and oxygen atoms in total. The SMILES string of the molecule is Cc1cccc(Cl)c1S(=O)(=O)C1CCCc2[nH]nc(-c3ccc(C(=O)O)cc3F)c21. The topological polar surface area (TPSA) is 100 Å². The average Bonchev–Trinajstić information content (AvgIpc) is 3.11. The summed E-state index contributed by atoms with van der Waals surface area (Å²) in [6.07, 6.45) is 1.56. The van der Waals surface area contributed by atoms with Crippen molar-refractivity contribution in [2.24, 2.45) is 0 Å². The van der Waals surface area contributed by atoms with E-state index in [1.54, 1.807) is 19.1 Å². The van der Waals surface area contributed by atoms with E-state index in [4.69, 9.17) is 16.7 Å². The Balaban J connectivity index is 1.89. The summed E-state index contributed by atoms with van der Waals surface area (Å²) in [5.74, 6) is -2.03. The Morgan fingerprint density at radius 1 is 1.30 bits per heavy atom.